The number of hydrogen-bond acceptors (Lipinski definition) is 6. The van der Waals surface area contributed by atoms with Gasteiger partial charge in [0.1, 0.15) is 18.2 Å². The zero-order valence-corrected chi connectivity index (χ0v) is 15.1. The number of nitrogens with one attached hydrogen (secondary N) is 1. The molecular weight excluding hydrogens is 340 g/mol. The summed E-state index contributed by atoms with van der Waals surface area (Å²) < 4.78 is 5.73. The van der Waals surface area contributed by atoms with Crippen molar-refractivity contribution in [3.8, 4) is 5.75 Å². The Morgan fingerprint density at radius 3 is 2.64 bits per heavy atom. The number of oxime groups is 1. The summed E-state index contributed by atoms with van der Waals surface area (Å²) in [5, 5.41) is 15.2. The molecule has 0 aliphatic rings. The van der Waals surface area contributed by atoms with Crippen LogP contribution in [0.5, 0.6) is 5.75 Å². The van der Waals surface area contributed by atoms with Gasteiger partial charge in [-0.2, -0.15) is 0 Å². The maximum absolute atomic E-state index is 5.73. The van der Waals surface area contributed by atoms with Gasteiger partial charge in [-0.3, -0.25) is 0 Å². The molecule has 0 aliphatic carbocycles. The van der Waals surface area contributed by atoms with Crippen molar-refractivity contribution in [2.75, 3.05) is 25.1 Å². The summed E-state index contributed by atoms with van der Waals surface area (Å²) in [5.74, 6) is 1.61. The smallest absolute Gasteiger partial charge is 0.151 e. The van der Waals surface area contributed by atoms with Gasteiger partial charge in [-0.15, -0.1) is 10.2 Å². The van der Waals surface area contributed by atoms with Crippen molar-refractivity contribution in [3.63, 3.8) is 0 Å². The first-order valence-corrected chi connectivity index (χ1v) is 8.77. The molecule has 1 heterocycles. The molecular formula is C18H23ClN4O2. The first-order chi connectivity index (χ1) is 12.3. The maximum Gasteiger partial charge on any atom is 0.151 e. The second-order valence-electron chi connectivity index (χ2n) is 5.30. The van der Waals surface area contributed by atoms with Crippen LogP contribution >= 0.6 is 11.6 Å². The minimum atomic E-state index is 0.400. The molecule has 6 nitrogen and oxygen atoms in total. The van der Waals surface area contributed by atoms with Crippen molar-refractivity contribution in [1.29, 1.82) is 0 Å². The van der Waals surface area contributed by atoms with Crippen molar-refractivity contribution in [2.45, 2.75) is 26.2 Å². The number of benzene rings is 1. The van der Waals surface area contributed by atoms with Crippen LogP contribution < -0.4 is 10.1 Å². The van der Waals surface area contributed by atoms with Gasteiger partial charge >= 0.3 is 0 Å². The minimum Gasteiger partial charge on any atom is -0.494 e. The summed E-state index contributed by atoms with van der Waals surface area (Å²) in [4.78, 5) is 4.93. The second-order valence-corrected chi connectivity index (χ2v) is 5.69. The van der Waals surface area contributed by atoms with Gasteiger partial charge in [-0.1, -0.05) is 16.8 Å². The van der Waals surface area contributed by atoms with Crippen LogP contribution in [0.25, 0.3) is 0 Å². The largest absolute Gasteiger partial charge is 0.494 e. The molecule has 0 aliphatic heterocycles. The quantitative estimate of drug-likeness (QED) is 0.369. The van der Waals surface area contributed by atoms with Gasteiger partial charge in [0.05, 0.1) is 12.8 Å². The number of nitrogens with zero attached hydrogens (tertiary/aromatic N) is 3. The van der Waals surface area contributed by atoms with Crippen molar-refractivity contribution < 1.29 is 9.57 Å². The number of halogens is 1. The fraction of sp³-hybridized carbons (Fsp3) is 0.389. The van der Waals surface area contributed by atoms with Crippen LogP contribution in [-0.4, -0.2) is 36.2 Å². The lowest BCUT2D eigenvalue weighted by Gasteiger charge is -2.07. The van der Waals surface area contributed by atoms with Crippen molar-refractivity contribution in [3.05, 3.63) is 47.1 Å². The Balaban J connectivity index is 1.54. The summed E-state index contributed by atoms with van der Waals surface area (Å²) in [6.07, 6.45) is 4.81. The fourth-order valence-corrected chi connectivity index (χ4v) is 2.14. The van der Waals surface area contributed by atoms with Gasteiger partial charge < -0.3 is 14.9 Å². The van der Waals surface area contributed by atoms with E-state index in [1.807, 2.05) is 37.3 Å². The SMILES string of the molecule is CCON=Cc1ccc(OCCCCCNc2ccc(Cl)nn2)cc1. The molecule has 0 spiro atoms. The predicted molar refractivity (Wildman–Crippen MR) is 101 cm³/mol. The Morgan fingerprint density at radius 1 is 1.08 bits per heavy atom. The van der Waals surface area contributed by atoms with Gasteiger partial charge in [0.15, 0.2) is 5.15 Å². The molecule has 0 atom stereocenters. The van der Waals surface area contributed by atoms with E-state index in [0.29, 0.717) is 18.4 Å². The van der Waals surface area contributed by atoms with E-state index in [1.54, 1.807) is 12.3 Å². The average Bonchev–Trinajstić information content (AvgIpc) is 2.64. The molecule has 0 fully saturated rings. The van der Waals surface area contributed by atoms with Crippen LogP contribution in [0, 0.1) is 0 Å². The standard InChI is InChI=1S/C18H23ClN4O2/c1-2-25-21-14-15-6-8-16(9-7-15)24-13-5-3-4-12-20-18-11-10-17(19)22-23-18/h6-11,14H,2-5,12-13H2,1H3,(H,20,23). The van der Waals surface area contributed by atoms with E-state index in [0.717, 1.165) is 42.9 Å². The predicted octanol–water partition coefficient (Wildman–Crippen LogP) is 4.16. The summed E-state index contributed by atoms with van der Waals surface area (Å²) >= 11 is 5.69. The van der Waals surface area contributed by atoms with E-state index in [4.69, 9.17) is 21.2 Å². The Morgan fingerprint density at radius 2 is 1.92 bits per heavy atom. The van der Waals surface area contributed by atoms with E-state index in [9.17, 15) is 0 Å². The van der Waals surface area contributed by atoms with Gasteiger partial charge in [0.2, 0.25) is 0 Å². The third kappa shape index (κ3) is 7.85. The maximum atomic E-state index is 5.73. The Bertz CT molecular complexity index is 633. The zero-order chi connectivity index (χ0) is 17.7. The molecule has 0 saturated heterocycles. The number of hydrogen-bond donors (Lipinski definition) is 1. The van der Waals surface area contributed by atoms with Crippen LogP contribution in [0.15, 0.2) is 41.6 Å². The van der Waals surface area contributed by atoms with Crippen molar-refractivity contribution >= 4 is 23.6 Å². The first-order valence-electron chi connectivity index (χ1n) is 8.39. The summed E-state index contributed by atoms with van der Waals surface area (Å²) in [6, 6.07) is 11.3. The van der Waals surface area contributed by atoms with E-state index in [-0.39, 0.29) is 0 Å². The highest BCUT2D eigenvalue weighted by Gasteiger charge is 1.97. The lowest BCUT2D eigenvalue weighted by atomic mass is 10.2. The number of anilines is 1. The Hall–Kier alpha value is -2.34. The van der Waals surface area contributed by atoms with E-state index < -0.39 is 0 Å². The highest BCUT2D eigenvalue weighted by molar-refractivity contribution is 6.29. The minimum absolute atomic E-state index is 0.400. The highest BCUT2D eigenvalue weighted by atomic mass is 35.5. The monoisotopic (exact) mass is 362 g/mol. The van der Waals surface area contributed by atoms with E-state index in [1.165, 1.54) is 0 Å². The van der Waals surface area contributed by atoms with Crippen molar-refractivity contribution in [1.82, 2.24) is 10.2 Å². The lowest BCUT2D eigenvalue weighted by molar-refractivity contribution is 0.160. The summed E-state index contributed by atoms with van der Waals surface area (Å²) in [5.41, 5.74) is 0.983. The molecule has 2 rings (SSSR count). The molecule has 1 N–H and O–H groups in total. The zero-order valence-electron chi connectivity index (χ0n) is 14.3. The number of aromatic nitrogens is 2. The number of ether oxygens (including phenoxy) is 1. The molecule has 0 radical (unpaired) electrons. The van der Waals surface area contributed by atoms with Crippen LogP contribution in [0.4, 0.5) is 5.82 Å². The van der Waals surface area contributed by atoms with Crippen molar-refractivity contribution in [2.24, 2.45) is 5.16 Å². The molecule has 0 unspecified atom stereocenters. The topological polar surface area (TPSA) is 68.6 Å². The van der Waals surface area contributed by atoms with Crippen LogP contribution in [0.2, 0.25) is 5.15 Å². The Labute approximate surface area is 153 Å². The van der Waals surface area contributed by atoms with Gasteiger partial charge in [-0.05, 0) is 68.1 Å². The second kappa shape index (κ2) is 11.3. The molecule has 7 heteroatoms. The summed E-state index contributed by atoms with van der Waals surface area (Å²) in [7, 11) is 0. The molecule has 1 aromatic heterocycles. The van der Waals surface area contributed by atoms with Gasteiger partial charge in [0, 0.05) is 6.54 Å². The fourth-order valence-electron chi connectivity index (χ4n) is 2.04. The number of unbranched alkanes of at least 4 members (excludes halogenated alkanes) is 2. The van der Waals surface area contributed by atoms with Crippen LogP contribution in [0.3, 0.4) is 0 Å². The first kappa shape index (κ1) is 19.0. The van der Waals surface area contributed by atoms with Crippen LogP contribution in [0.1, 0.15) is 31.7 Å². The molecule has 2 aromatic rings. The molecule has 1 aromatic carbocycles. The van der Waals surface area contributed by atoms with E-state index in [2.05, 4.69) is 20.7 Å². The molecule has 0 amide bonds. The molecule has 25 heavy (non-hydrogen) atoms. The van der Waals surface area contributed by atoms with Gasteiger partial charge in [0.25, 0.3) is 0 Å². The normalized spacial score (nSPS) is 10.8. The average molecular weight is 363 g/mol. The number of rotatable bonds is 11. The molecule has 0 saturated carbocycles. The Kier molecular flexibility index (Phi) is 8.55. The third-order valence-corrected chi connectivity index (χ3v) is 3.52. The summed E-state index contributed by atoms with van der Waals surface area (Å²) in [6.45, 7) is 4.02. The highest BCUT2D eigenvalue weighted by Crippen LogP contribution is 2.12. The molecule has 0 bridgehead atoms. The third-order valence-electron chi connectivity index (χ3n) is 3.31. The van der Waals surface area contributed by atoms with Gasteiger partial charge in [-0.25, -0.2) is 0 Å². The molecule has 134 valence electrons. The van der Waals surface area contributed by atoms with E-state index >= 15 is 0 Å². The van der Waals surface area contributed by atoms with Crippen LogP contribution in [-0.2, 0) is 4.84 Å². The lowest BCUT2D eigenvalue weighted by Crippen LogP contribution is -2.05.